The molecule has 0 aliphatic carbocycles. The number of hydrogen-bond acceptors (Lipinski definition) is 3. The van der Waals surface area contributed by atoms with Gasteiger partial charge in [-0.25, -0.2) is 8.42 Å². The van der Waals surface area contributed by atoms with Crippen molar-refractivity contribution in [2.45, 2.75) is 32.6 Å². The minimum absolute atomic E-state index is 0.00422. The Kier molecular flexibility index (Phi) is 4.70. The summed E-state index contributed by atoms with van der Waals surface area (Å²) in [4.78, 5) is 4.28. The van der Waals surface area contributed by atoms with Crippen molar-refractivity contribution in [1.82, 2.24) is 4.98 Å². The van der Waals surface area contributed by atoms with Gasteiger partial charge in [0, 0.05) is 10.7 Å². The first-order valence-corrected chi connectivity index (χ1v) is 8.79. The predicted octanol–water partition coefficient (Wildman–Crippen LogP) is 4.42. The lowest BCUT2D eigenvalue weighted by molar-refractivity contribution is 0.601. The summed E-state index contributed by atoms with van der Waals surface area (Å²) in [7, 11) is -3.82. The Morgan fingerprint density at radius 2 is 1.59 bits per heavy atom. The number of aromatic nitrogens is 1. The van der Waals surface area contributed by atoms with Crippen molar-refractivity contribution in [3.8, 4) is 0 Å². The van der Waals surface area contributed by atoms with Crippen molar-refractivity contribution >= 4 is 38.9 Å². The monoisotopic (exact) mass is 358 g/mol. The lowest BCUT2D eigenvalue weighted by Crippen LogP contribution is -2.16. The third kappa shape index (κ3) is 3.37. The minimum atomic E-state index is -3.82. The molecule has 0 unspecified atom stereocenters. The molecule has 4 nitrogen and oxygen atoms in total. The molecule has 0 radical (unpaired) electrons. The number of anilines is 1. The highest BCUT2D eigenvalue weighted by atomic mass is 35.5. The summed E-state index contributed by atoms with van der Waals surface area (Å²) < 4.78 is 27.8. The van der Waals surface area contributed by atoms with E-state index in [1.807, 2.05) is 19.9 Å². The fourth-order valence-electron chi connectivity index (χ4n) is 2.20. The summed E-state index contributed by atoms with van der Waals surface area (Å²) >= 11 is 12.0. The first-order chi connectivity index (χ1) is 10.1. The van der Waals surface area contributed by atoms with E-state index in [9.17, 15) is 8.42 Å². The summed E-state index contributed by atoms with van der Waals surface area (Å²) in [5.74, 6) is 0. The Morgan fingerprint density at radius 1 is 0.955 bits per heavy atom. The van der Waals surface area contributed by atoms with Crippen LogP contribution in [0.5, 0.6) is 0 Å². The van der Waals surface area contributed by atoms with Gasteiger partial charge < -0.3 is 0 Å². The zero-order valence-corrected chi connectivity index (χ0v) is 15.0. The van der Waals surface area contributed by atoms with E-state index in [0.29, 0.717) is 22.0 Å². The number of nitrogens with zero attached hydrogens (tertiary/aromatic N) is 1. The number of nitrogens with one attached hydrogen (secondary N) is 1. The summed E-state index contributed by atoms with van der Waals surface area (Å²) in [6, 6.07) is 4.71. The number of hydrogen-bond donors (Lipinski definition) is 1. The van der Waals surface area contributed by atoms with Crippen molar-refractivity contribution < 1.29 is 8.42 Å². The smallest absolute Gasteiger partial charge is 0.263 e. The molecule has 1 N–H and O–H groups in total. The fraction of sp³-hybridized carbons (Fsp3) is 0.267. The lowest BCUT2D eigenvalue weighted by Gasteiger charge is -2.15. The summed E-state index contributed by atoms with van der Waals surface area (Å²) in [5, 5.41) is 0.506. The molecule has 0 bridgehead atoms. The van der Waals surface area contributed by atoms with Gasteiger partial charge in [-0.2, -0.15) is 0 Å². The molecule has 0 saturated heterocycles. The molecular weight excluding hydrogens is 343 g/mol. The van der Waals surface area contributed by atoms with E-state index >= 15 is 0 Å². The Bertz CT molecular complexity index is 826. The van der Waals surface area contributed by atoms with Crippen molar-refractivity contribution in [2.24, 2.45) is 0 Å². The van der Waals surface area contributed by atoms with Gasteiger partial charge in [-0.3, -0.25) is 9.71 Å². The molecule has 0 spiro atoms. The van der Waals surface area contributed by atoms with E-state index in [1.54, 1.807) is 13.8 Å². The van der Waals surface area contributed by atoms with Crippen molar-refractivity contribution in [2.75, 3.05) is 4.72 Å². The van der Waals surface area contributed by atoms with Gasteiger partial charge in [-0.15, -0.1) is 0 Å². The summed E-state index contributed by atoms with van der Waals surface area (Å²) in [5.41, 5.74) is 3.35. The molecule has 2 aromatic rings. The summed E-state index contributed by atoms with van der Waals surface area (Å²) in [6.45, 7) is 7.17. The predicted molar refractivity (Wildman–Crippen MR) is 90.5 cm³/mol. The van der Waals surface area contributed by atoms with Crippen LogP contribution < -0.4 is 4.72 Å². The molecule has 0 saturated carbocycles. The highest BCUT2D eigenvalue weighted by Gasteiger charge is 2.21. The number of benzene rings is 1. The Morgan fingerprint density at radius 3 is 2.18 bits per heavy atom. The molecule has 1 heterocycles. The van der Waals surface area contributed by atoms with E-state index in [0.717, 1.165) is 11.3 Å². The maximum atomic E-state index is 12.6. The number of halogens is 2. The highest BCUT2D eigenvalue weighted by molar-refractivity contribution is 7.92. The van der Waals surface area contributed by atoms with E-state index in [2.05, 4.69) is 9.71 Å². The van der Waals surface area contributed by atoms with Crippen LogP contribution in [0.3, 0.4) is 0 Å². The molecule has 0 aliphatic rings. The van der Waals surface area contributed by atoms with E-state index in [4.69, 9.17) is 23.2 Å². The van der Waals surface area contributed by atoms with Gasteiger partial charge in [0.1, 0.15) is 4.90 Å². The number of pyridine rings is 1. The van der Waals surface area contributed by atoms with E-state index in [-0.39, 0.29) is 9.92 Å². The molecule has 0 atom stereocenters. The topological polar surface area (TPSA) is 59.1 Å². The number of rotatable bonds is 3. The zero-order chi connectivity index (χ0) is 16.7. The maximum Gasteiger partial charge on any atom is 0.263 e. The highest BCUT2D eigenvalue weighted by Crippen LogP contribution is 2.30. The van der Waals surface area contributed by atoms with Crippen LogP contribution in [0.2, 0.25) is 10.0 Å². The van der Waals surface area contributed by atoms with Crippen LogP contribution in [0.25, 0.3) is 0 Å². The average molecular weight is 359 g/mol. The molecule has 0 aliphatic heterocycles. The molecule has 1 aromatic heterocycles. The standard InChI is InChI=1S/C15H16Cl2N2O2S/c1-8-6-14(13(17)7-12(8)16)22(20,21)19-15-9(2)5-10(3)18-11(15)4/h5-7,19H,1-4H3. The van der Waals surface area contributed by atoms with Crippen molar-refractivity contribution in [3.63, 3.8) is 0 Å². The van der Waals surface area contributed by atoms with Gasteiger partial charge in [0.05, 0.1) is 16.4 Å². The number of sulfonamides is 1. The van der Waals surface area contributed by atoms with E-state index in [1.165, 1.54) is 12.1 Å². The Hall–Kier alpha value is -1.30. The molecule has 22 heavy (non-hydrogen) atoms. The SMILES string of the molecule is Cc1cc(C)c(NS(=O)(=O)c2cc(C)c(Cl)cc2Cl)c(C)n1. The third-order valence-corrected chi connectivity index (χ3v) is 5.49. The van der Waals surface area contributed by atoms with Gasteiger partial charge in [0.15, 0.2) is 0 Å². The van der Waals surface area contributed by atoms with Gasteiger partial charge in [0.25, 0.3) is 10.0 Å². The first kappa shape index (κ1) is 17.1. The first-order valence-electron chi connectivity index (χ1n) is 6.55. The van der Waals surface area contributed by atoms with Crippen molar-refractivity contribution in [1.29, 1.82) is 0 Å². The molecule has 0 amide bonds. The molecule has 2 rings (SSSR count). The van der Waals surface area contributed by atoms with Gasteiger partial charge in [0.2, 0.25) is 0 Å². The minimum Gasteiger partial charge on any atom is -0.277 e. The second kappa shape index (κ2) is 6.07. The van der Waals surface area contributed by atoms with E-state index < -0.39 is 10.0 Å². The molecule has 118 valence electrons. The van der Waals surface area contributed by atoms with Gasteiger partial charge in [-0.1, -0.05) is 23.2 Å². The van der Waals surface area contributed by atoms with Gasteiger partial charge in [-0.05, 0) is 57.0 Å². The molecule has 0 fully saturated rings. The van der Waals surface area contributed by atoms with Crippen molar-refractivity contribution in [3.05, 3.63) is 50.8 Å². The van der Waals surface area contributed by atoms with Crippen LogP contribution in [-0.2, 0) is 10.0 Å². The average Bonchev–Trinajstić information content (AvgIpc) is 2.38. The molecule has 7 heteroatoms. The van der Waals surface area contributed by atoms with Gasteiger partial charge >= 0.3 is 0 Å². The third-order valence-electron chi connectivity index (χ3n) is 3.26. The van der Waals surface area contributed by atoms with Crippen LogP contribution in [0.4, 0.5) is 5.69 Å². The Labute approximate surface area is 140 Å². The van der Waals surface area contributed by atoms with Crippen LogP contribution in [0, 0.1) is 27.7 Å². The fourth-order valence-corrected chi connectivity index (χ4v) is 4.23. The second-order valence-electron chi connectivity index (χ2n) is 5.18. The second-order valence-corrected chi connectivity index (χ2v) is 7.64. The number of aryl methyl sites for hydroxylation is 4. The van der Waals surface area contributed by atoms with Crippen LogP contribution in [-0.4, -0.2) is 13.4 Å². The van der Waals surface area contributed by atoms with Crippen LogP contribution in [0.15, 0.2) is 23.1 Å². The normalized spacial score (nSPS) is 11.5. The van der Waals surface area contributed by atoms with Crippen LogP contribution >= 0.6 is 23.2 Å². The lowest BCUT2D eigenvalue weighted by atomic mass is 10.2. The molecular formula is C15H16Cl2N2O2S. The summed E-state index contributed by atoms with van der Waals surface area (Å²) in [6.07, 6.45) is 0. The van der Waals surface area contributed by atoms with Crippen LogP contribution in [0.1, 0.15) is 22.5 Å². The largest absolute Gasteiger partial charge is 0.277 e. The maximum absolute atomic E-state index is 12.6. The quantitative estimate of drug-likeness (QED) is 0.882. The zero-order valence-electron chi connectivity index (χ0n) is 12.7. The Balaban J connectivity index is 2.52. The molecule has 1 aromatic carbocycles.